The van der Waals surface area contributed by atoms with Crippen molar-refractivity contribution in [2.45, 2.75) is 0 Å². The Bertz CT molecular complexity index is 1560. The number of carbonyl (C=O) groups excluding carboxylic acids is 1. The van der Waals surface area contributed by atoms with E-state index in [4.69, 9.17) is 13.9 Å². The van der Waals surface area contributed by atoms with Crippen molar-refractivity contribution >= 4 is 22.7 Å². The molecule has 190 valence electrons. The molecule has 0 fully saturated rings. The van der Waals surface area contributed by atoms with Crippen LogP contribution in [0.3, 0.4) is 0 Å². The van der Waals surface area contributed by atoms with E-state index in [-0.39, 0.29) is 5.91 Å². The third-order valence-electron chi connectivity index (χ3n) is 5.56. The number of para-hydroxylation sites is 1. The minimum Gasteiger partial charge on any atom is -0.457 e. The molecule has 2 heterocycles. The number of rotatable bonds is 9. The zero-order chi connectivity index (χ0) is 26.3. The van der Waals surface area contributed by atoms with Crippen LogP contribution in [0.2, 0.25) is 0 Å². The fourth-order valence-electron chi connectivity index (χ4n) is 3.77. The van der Waals surface area contributed by atoms with Crippen molar-refractivity contribution in [1.29, 1.82) is 0 Å². The van der Waals surface area contributed by atoms with E-state index in [9.17, 15) is 4.79 Å². The van der Waals surface area contributed by atoms with Crippen molar-refractivity contribution in [2.75, 3.05) is 26.0 Å². The molecule has 0 aliphatic carbocycles. The zero-order valence-corrected chi connectivity index (χ0v) is 21.1. The average molecular weight is 506 g/mol. The molecule has 7 nitrogen and oxygen atoms in total. The Morgan fingerprint density at radius 2 is 1.63 bits per heavy atom. The summed E-state index contributed by atoms with van der Waals surface area (Å²) >= 11 is 0. The van der Waals surface area contributed by atoms with E-state index >= 15 is 0 Å². The number of ether oxygens (including phenoxy) is 2. The zero-order valence-electron chi connectivity index (χ0n) is 21.1. The van der Waals surface area contributed by atoms with Crippen LogP contribution in [0.15, 0.2) is 114 Å². The SMILES string of the molecule is CN(C)C/C=C/C(=O)Nc1cccc(-c2cc3nccc(Oc4ccc(Oc5ccccc5)cc4)c3o2)c1. The molecule has 0 aliphatic rings. The van der Waals surface area contributed by atoms with Gasteiger partial charge in [0.15, 0.2) is 11.3 Å². The lowest BCUT2D eigenvalue weighted by molar-refractivity contribution is -0.111. The first-order chi connectivity index (χ1) is 18.5. The van der Waals surface area contributed by atoms with Gasteiger partial charge in [-0.25, -0.2) is 0 Å². The summed E-state index contributed by atoms with van der Waals surface area (Å²) in [6, 6.07) is 28.1. The topological polar surface area (TPSA) is 76.8 Å². The quantitative estimate of drug-likeness (QED) is 0.215. The number of amides is 1. The van der Waals surface area contributed by atoms with Gasteiger partial charge in [0.05, 0.1) is 0 Å². The maximum Gasteiger partial charge on any atom is 0.248 e. The second kappa shape index (κ2) is 11.5. The van der Waals surface area contributed by atoms with Gasteiger partial charge in [-0.1, -0.05) is 36.4 Å². The summed E-state index contributed by atoms with van der Waals surface area (Å²) in [6.45, 7) is 0.690. The average Bonchev–Trinajstić information content (AvgIpc) is 3.36. The normalized spacial score (nSPS) is 11.2. The molecule has 0 radical (unpaired) electrons. The third-order valence-corrected chi connectivity index (χ3v) is 5.56. The highest BCUT2D eigenvalue weighted by Crippen LogP contribution is 2.35. The number of aromatic nitrogens is 1. The summed E-state index contributed by atoms with van der Waals surface area (Å²) in [7, 11) is 3.89. The van der Waals surface area contributed by atoms with Crippen molar-refractivity contribution in [2.24, 2.45) is 0 Å². The molecule has 0 saturated carbocycles. The second-order valence-electron chi connectivity index (χ2n) is 8.86. The summed E-state index contributed by atoms with van der Waals surface area (Å²) in [5, 5.41) is 2.89. The van der Waals surface area contributed by atoms with Crippen LogP contribution in [0, 0.1) is 0 Å². The van der Waals surface area contributed by atoms with Gasteiger partial charge in [0, 0.05) is 42.2 Å². The molecule has 0 bridgehead atoms. The first kappa shape index (κ1) is 24.8. The Hall–Kier alpha value is -4.88. The van der Waals surface area contributed by atoms with Crippen molar-refractivity contribution in [3.05, 3.63) is 109 Å². The fraction of sp³-hybridized carbons (Fsp3) is 0.0968. The number of carbonyl (C=O) groups is 1. The summed E-state index contributed by atoms with van der Waals surface area (Å²) in [4.78, 5) is 18.7. The van der Waals surface area contributed by atoms with E-state index < -0.39 is 0 Å². The van der Waals surface area contributed by atoms with E-state index in [0.29, 0.717) is 46.3 Å². The van der Waals surface area contributed by atoms with Crippen molar-refractivity contribution in [1.82, 2.24) is 9.88 Å². The molecule has 0 spiro atoms. The molecule has 0 atom stereocenters. The van der Waals surface area contributed by atoms with Gasteiger partial charge in [-0.2, -0.15) is 0 Å². The Labute approximate surface area is 220 Å². The van der Waals surface area contributed by atoms with E-state index in [0.717, 1.165) is 11.3 Å². The summed E-state index contributed by atoms with van der Waals surface area (Å²) in [5.41, 5.74) is 2.69. The molecule has 0 saturated heterocycles. The lowest BCUT2D eigenvalue weighted by Crippen LogP contribution is -2.12. The molecule has 0 aliphatic heterocycles. The van der Waals surface area contributed by atoms with Crippen LogP contribution in [0.25, 0.3) is 22.4 Å². The molecule has 2 aromatic heterocycles. The number of anilines is 1. The molecule has 5 aromatic rings. The number of hydrogen-bond acceptors (Lipinski definition) is 6. The highest BCUT2D eigenvalue weighted by atomic mass is 16.5. The summed E-state index contributed by atoms with van der Waals surface area (Å²) in [5.74, 6) is 3.10. The van der Waals surface area contributed by atoms with E-state index in [1.54, 1.807) is 12.3 Å². The van der Waals surface area contributed by atoms with Crippen LogP contribution in [-0.4, -0.2) is 36.4 Å². The molecule has 0 unspecified atom stereocenters. The minimum absolute atomic E-state index is 0.189. The standard InChI is InChI=1S/C31H27N3O4/c1-34(2)19-7-12-30(35)33-23-9-6-8-22(20-23)29-21-27-31(38-29)28(17-18-32-27)37-26-15-13-25(14-16-26)36-24-10-4-3-5-11-24/h3-18,20-21H,19H2,1-2H3,(H,33,35)/b12-7+. The van der Waals surface area contributed by atoms with Gasteiger partial charge < -0.3 is 24.1 Å². The van der Waals surface area contributed by atoms with Gasteiger partial charge >= 0.3 is 0 Å². The largest absolute Gasteiger partial charge is 0.457 e. The highest BCUT2D eigenvalue weighted by molar-refractivity contribution is 5.99. The van der Waals surface area contributed by atoms with Crippen LogP contribution in [-0.2, 0) is 4.79 Å². The first-order valence-electron chi connectivity index (χ1n) is 12.2. The number of fused-ring (bicyclic) bond motifs is 1. The number of nitrogens with zero attached hydrogens (tertiary/aromatic N) is 2. The number of hydrogen-bond donors (Lipinski definition) is 1. The predicted molar refractivity (Wildman–Crippen MR) is 149 cm³/mol. The second-order valence-corrected chi connectivity index (χ2v) is 8.86. The molecule has 1 N–H and O–H groups in total. The minimum atomic E-state index is -0.189. The monoisotopic (exact) mass is 505 g/mol. The number of benzene rings is 3. The third kappa shape index (κ3) is 6.27. The highest BCUT2D eigenvalue weighted by Gasteiger charge is 2.13. The van der Waals surface area contributed by atoms with Crippen LogP contribution in [0.1, 0.15) is 0 Å². The lowest BCUT2D eigenvalue weighted by atomic mass is 10.1. The fourth-order valence-corrected chi connectivity index (χ4v) is 3.77. The molecular formula is C31H27N3O4. The predicted octanol–water partition coefficient (Wildman–Crippen LogP) is 7.14. The smallest absolute Gasteiger partial charge is 0.248 e. The number of furan rings is 1. The van der Waals surface area contributed by atoms with E-state index in [2.05, 4.69) is 10.3 Å². The summed E-state index contributed by atoms with van der Waals surface area (Å²) in [6.07, 6.45) is 5.03. The van der Waals surface area contributed by atoms with Crippen LogP contribution in [0.5, 0.6) is 23.0 Å². The first-order valence-corrected chi connectivity index (χ1v) is 12.2. The van der Waals surface area contributed by atoms with Crippen molar-refractivity contribution in [3.8, 4) is 34.3 Å². The van der Waals surface area contributed by atoms with Gasteiger partial charge in [-0.05, 0) is 62.6 Å². The Balaban J connectivity index is 1.31. The van der Waals surface area contributed by atoms with Crippen LogP contribution >= 0.6 is 0 Å². The molecule has 1 amide bonds. The maximum atomic E-state index is 12.2. The molecular weight excluding hydrogens is 478 g/mol. The van der Waals surface area contributed by atoms with Gasteiger partial charge in [-0.3, -0.25) is 9.78 Å². The van der Waals surface area contributed by atoms with E-state index in [1.165, 1.54) is 6.08 Å². The number of nitrogens with one attached hydrogen (secondary N) is 1. The lowest BCUT2D eigenvalue weighted by Gasteiger charge is -2.08. The molecule has 3 aromatic carbocycles. The van der Waals surface area contributed by atoms with E-state index in [1.807, 2.05) is 110 Å². The van der Waals surface area contributed by atoms with Gasteiger partial charge in [-0.15, -0.1) is 0 Å². The Morgan fingerprint density at radius 3 is 2.39 bits per heavy atom. The van der Waals surface area contributed by atoms with Gasteiger partial charge in [0.2, 0.25) is 5.91 Å². The molecule has 5 rings (SSSR count). The number of pyridine rings is 1. The number of likely N-dealkylation sites (N-methyl/N-ethyl adjacent to an activating group) is 1. The van der Waals surface area contributed by atoms with Gasteiger partial charge in [0.1, 0.15) is 28.5 Å². The molecule has 38 heavy (non-hydrogen) atoms. The maximum absolute atomic E-state index is 12.2. The summed E-state index contributed by atoms with van der Waals surface area (Å²) < 4.78 is 18.1. The molecule has 7 heteroatoms. The van der Waals surface area contributed by atoms with Crippen molar-refractivity contribution in [3.63, 3.8) is 0 Å². The Kier molecular flexibility index (Phi) is 7.47. The van der Waals surface area contributed by atoms with Gasteiger partial charge in [0.25, 0.3) is 0 Å². The van der Waals surface area contributed by atoms with Crippen molar-refractivity contribution < 1.29 is 18.7 Å². The van der Waals surface area contributed by atoms with Crippen LogP contribution < -0.4 is 14.8 Å². The van der Waals surface area contributed by atoms with Crippen LogP contribution in [0.4, 0.5) is 5.69 Å². The Morgan fingerprint density at radius 1 is 0.895 bits per heavy atom.